The number of halogens is 1. The highest BCUT2D eigenvalue weighted by atomic mass is 35.5. The zero-order chi connectivity index (χ0) is 13.7. The van der Waals surface area contributed by atoms with Gasteiger partial charge in [0.15, 0.2) is 6.61 Å². The zero-order valence-electron chi connectivity index (χ0n) is 11.1. The molecule has 1 aromatic heterocycles. The van der Waals surface area contributed by atoms with Crippen LogP contribution in [-0.4, -0.2) is 16.1 Å². The predicted molar refractivity (Wildman–Crippen MR) is 73.6 cm³/mol. The van der Waals surface area contributed by atoms with Crippen molar-refractivity contribution in [3.05, 3.63) is 41.6 Å². The third kappa shape index (κ3) is 3.96. The number of rotatable bonds is 6. The smallest absolute Gasteiger partial charge is 0.253 e. The van der Waals surface area contributed by atoms with Crippen molar-refractivity contribution in [1.29, 1.82) is 0 Å². The molecular formula is C14H17ClN2O2. The van der Waals surface area contributed by atoms with Crippen LogP contribution in [0.1, 0.15) is 37.1 Å². The van der Waals surface area contributed by atoms with Crippen molar-refractivity contribution >= 4 is 11.6 Å². The molecule has 2 aromatic rings. The Bertz CT molecular complexity index is 508. The molecule has 0 aliphatic rings. The van der Waals surface area contributed by atoms with E-state index in [-0.39, 0.29) is 6.61 Å². The van der Waals surface area contributed by atoms with Gasteiger partial charge in [-0.15, -0.1) is 21.8 Å². The molecule has 0 unspecified atom stereocenters. The molecule has 0 saturated carbocycles. The summed E-state index contributed by atoms with van der Waals surface area (Å²) in [7, 11) is 0. The van der Waals surface area contributed by atoms with Gasteiger partial charge in [0, 0.05) is 12.3 Å². The molecule has 0 saturated heterocycles. The molecule has 1 aromatic carbocycles. The van der Waals surface area contributed by atoms with E-state index in [1.54, 1.807) is 0 Å². The van der Waals surface area contributed by atoms with Crippen molar-refractivity contribution in [3.63, 3.8) is 0 Å². The molecule has 0 spiro atoms. The Balaban J connectivity index is 1.90. The molecule has 4 nitrogen and oxygen atoms in total. The summed E-state index contributed by atoms with van der Waals surface area (Å²) in [5, 5.41) is 7.77. The maximum Gasteiger partial charge on any atom is 0.253 e. The van der Waals surface area contributed by atoms with Gasteiger partial charge in [-0.1, -0.05) is 26.0 Å². The Labute approximate surface area is 117 Å². The highest BCUT2D eigenvalue weighted by Gasteiger charge is 2.06. The summed E-state index contributed by atoms with van der Waals surface area (Å²) in [6.45, 7) is 4.59. The second kappa shape index (κ2) is 6.57. The van der Waals surface area contributed by atoms with Gasteiger partial charge in [-0.3, -0.25) is 0 Å². The summed E-state index contributed by atoms with van der Waals surface area (Å²) in [6.07, 6.45) is 0.581. The number of aromatic nitrogens is 2. The number of benzene rings is 1. The van der Waals surface area contributed by atoms with Gasteiger partial charge in [-0.2, -0.15) is 0 Å². The molecule has 2 rings (SSSR count). The largest absolute Gasteiger partial charge is 0.484 e. The molecule has 0 aliphatic heterocycles. The van der Waals surface area contributed by atoms with Crippen molar-refractivity contribution < 1.29 is 9.15 Å². The maximum atomic E-state index is 5.60. The molecule has 0 N–H and O–H groups in total. The third-order valence-electron chi connectivity index (χ3n) is 2.73. The fourth-order valence-electron chi connectivity index (χ4n) is 1.62. The standard InChI is InChI=1S/C14H17ClN2O2/c1-10(2)11-3-5-12(6-4-11)18-9-14-17-16-13(19-14)7-8-15/h3-6,10H,7-9H2,1-2H3. The summed E-state index contributed by atoms with van der Waals surface area (Å²) < 4.78 is 11.0. The lowest BCUT2D eigenvalue weighted by Crippen LogP contribution is -1.96. The molecule has 0 radical (unpaired) electrons. The van der Waals surface area contributed by atoms with Crippen LogP contribution < -0.4 is 4.74 Å². The first-order chi connectivity index (χ1) is 9.19. The van der Waals surface area contributed by atoms with E-state index in [2.05, 4.69) is 36.2 Å². The Kier molecular flexibility index (Phi) is 4.80. The van der Waals surface area contributed by atoms with E-state index in [9.17, 15) is 0 Å². The van der Waals surface area contributed by atoms with E-state index >= 15 is 0 Å². The Hall–Kier alpha value is -1.55. The summed E-state index contributed by atoms with van der Waals surface area (Å²) in [4.78, 5) is 0. The van der Waals surface area contributed by atoms with Gasteiger partial charge in [0.05, 0.1) is 0 Å². The topological polar surface area (TPSA) is 48.2 Å². The molecular weight excluding hydrogens is 264 g/mol. The lowest BCUT2D eigenvalue weighted by atomic mass is 10.0. The van der Waals surface area contributed by atoms with Gasteiger partial charge in [0.2, 0.25) is 5.89 Å². The molecule has 19 heavy (non-hydrogen) atoms. The second-order valence-electron chi connectivity index (χ2n) is 4.54. The second-order valence-corrected chi connectivity index (χ2v) is 4.92. The van der Waals surface area contributed by atoms with Gasteiger partial charge in [0.25, 0.3) is 5.89 Å². The van der Waals surface area contributed by atoms with Crippen molar-refractivity contribution in [2.75, 3.05) is 5.88 Å². The van der Waals surface area contributed by atoms with E-state index < -0.39 is 0 Å². The highest BCUT2D eigenvalue weighted by molar-refractivity contribution is 6.17. The van der Waals surface area contributed by atoms with E-state index in [1.165, 1.54) is 5.56 Å². The molecule has 0 fully saturated rings. The van der Waals surface area contributed by atoms with E-state index in [1.807, 2.05) is 12.1 Å². The van der Waals surface area contributed by atoms with Crippen LogP contribution in [0.3, 0.4) is 0 Å². The number of hydrogen-bond donors (Lipinski definition) is 0. The predicted octanol–water partition coefficient (Wildman–Crippen LogP) is 3.55. The van der Waals surface area contributed by atoms with Gasteiger partial charge >= 0.3 is 0 Å². The summed E-state index contributed by atoms with van der Waals surface area (Å²) in [6, 6.07) is 8.02. The molecule has 0 bridgehead atoms. The fourth-order valence-corrected chi connectivity index (χ4v) is 1.78. The van der Waals surface area contributed by atoms with Crippen LogP contribution in [0.4, 0.5) is 0 Å². The first kappa shape index (κ1) is 13.9. The lowest BCUT2D eigenvalue weighted by Gasteiger charge is -2.07. The minimum absolute atomic E-state index is 0.274. The van der Waals surface area contributed by atoms with Crippen molar-refractivity contribution in [2.24, 2.45) is 0 Å². The van der Waals surface area contributed by atoms with E-state index in [4.69, 9.17) is 20.8 Å². The first-order valence-corrected chi connectivity index (χ1v) is 6.82. The number of alkyl halides is 1. The van der Waals surface area contributed by atoms with Crippen LogP contribution in [0, 0.1) is 0 Å². The van der Waals surface area contributed by atoms with Crippen LogP contribution >= 0.6 is 11.6 Å². The maximum absolute atomic E-state index is 5.60. The Morgan fingerprint density at radius 1 is 1.16 bits per heavy atom. The summed E-state index contributed by atoms with van der Waals surface area (Å²) in [5.74, 6) is 2.79. The molecule has 0 aliphatic carbocycles. The van der Waals surface area contributed by atoms with E-state index in [0.717, 1.165) is 5.75 Å². The first-order valence-electron chi connectivity index (χ1n) is 6.29. The van der Waals surface area contributed by atoms with Crippen LogP contribution in [0.2, 0.25) is 0 Å². The van der Waals surface area contributed by atoms with Gasteiger partial charge in [0.1, 0.15) is 5.75 Å². The summed E-state index contributed by atoms with van der Waals surface area (Å²) in [5.41, 5.74) is 1.29. The Morgan fingerprint density at radius 3 is 2.47 bits per heavy atom. The third-order valence-corrected chi connectivity index (χ3v) is 2.92. The monoisotopic (exact) mass is 280 g/mol. The van der Waals surface area contributed by atoms with Gasteiger partial charge < -0.3 is 9.15 Å². The minimum atomic E-state index is 0.274. The van der Waals surface area contributed by atoms with Crippen LogP contribution in [0.25, 0.3) is 0 Å². The SMILES string of the molecule is CC(C)c1ccc(OCc2nnc(CCCl)o2)cc1. The zero-order valence-corrected chi connectivity index (χ0v) is 11.9. The average Bonchev–Trinajstić information content (AvgIpc) is 2.85. The van der Waals surface area contributed by atoms with Crippen molar-refractivity contribution in [2.45, 2.75) is 32.8 Å². The molecule has 0 atom stereocenters. The quantitative estimate of drug-likeness (QED) is 0.759. The van der Waals surface area contributed by atoms with Gasteiger partial charge in [-0.05, 0) is 23.6 Å². The summed E-state index contributed by atoms with van der Waals surface area (Å²) >= 11 is 5.60. The molecule has 102 valence electrons. The van der Waals surface area contributed by atoms with Crippen molar-refractivity contribution in [1.82, 2.24) is 10.2 Å². The number of ether oxygens (including phenoxy) is 1. The highest BCUT2D eigenvalue weighted by Crippen LogP contribution is 2.19. The van der Waals surface area contributed by atoms with Crippen molar-refractivity contribution in [3.8, 4) is 5.75 Å². The lowest BCUT2D eigenvalue weighted by molar-refractivity contribution is 0.259. The van der Waals surface area contributed by atoms with Crippen LogP contribution in [0.5, 0.6) is 5.75 Å². The molecule has 0 amide bonds. The number of aryl methyl sites for hydroxylation is 1. The van der Waals surface area contributed by atoms with Crippen LogP contribution in [-0.2, 0) is 13.0 Å². The molecule has 5 heteroatoms. The number of nitrogens with zero attached hydrogens (tertiary/aromatic N) is 2. The van der Waals surface area contributed by atoms with Gasteiger partial charge in [-0.25, -0.2) is 0 Å². The normalized spacial score (nSPS) is 10.9. The molecule has 1 heterocycles. The van der Waals surface area contributed by atoms with Crippen LogP contribution in [0.15, 0.2) is 28.7 Å². The fraction of sp³-hybridized carbons (Fsp3) is 0.429. The Morgan fingerprint density at radius 2 is 1.84 bits per heavy atom. The van der Waals surface area contributed by atoms with E-state index in [0.29, 0.717) is 30.0 Å². The average molecular weight is 281 g/mol. The minimum Gasteiger partial charge on any atom is -0.484 e. The number of hydrogen-bond acceptors (Lipinski definition) is 4.